The van der Waals surface area contributed by atoms with Gasteiger partial charge in [-0.3, -0.25) is 9.59 Å². The maximum atomic E-state index is 13.4. The van der Waals surface area contributed by atoms with Gasteiger partial charge >= 0.3 is 0 Å². The predicted octanol–water partition coefficient (Wildman–Crippen LogP) is 4.46. The van der Waals surface area contributed by atoms with E-state index in [0.29, 0.717) is 23.9 Å². The Morgan fingerprint density at radius 2 is 1.57 bits per heavy atom. The highest BCUT2D eigenvalue weighted by Crippen LogP contribution is 2.40. The Morgan fingerprint density at radius 3 is 2.27 bits per heavy atom. The van der Waals surface area contributed by atoms with Gasteiger partial charge in [-0.1, -0.05) is 12.1 Å². The van der Waals surface area contributed by atoms with Gasteiger partial charge in [0.25, 0.3) is 5.91 Å². The summed E-state index contributed by atoms with van der Waals surface area (Å²) in [4.78, 5) is 30.7. The van der Waals surface area contributed by atoms with Gasteiger partial charge in [-0.05, 0) is 99.9 Å². The first kappa shape index (κ1) is 25.7. The minimum atomic E-state index is -0.516. The number of halogens is 1. The lowest BCUT2D eigenvalue weighted by Crippen LogP contribution is -2.50. The van der Waals surface area contributed by atoms with Crippen molar-refractivity contribution in [1.29, 1.82) is 0 Å². The van der Waals surface area contributed by atoms with Crippen molar-refractivity contribution >= 4 is 17.5 Å². The topological polar surface area (TPSA) is 64.7 Å². The average Bonchev–Trinajstić information content (AvgIpc) is 3.49. The molecule has 2 amide bonds. The number of nitrogens with one attached hydrogen (secondary N) is 2. The molecule has 6 nitrogen and oxygen atoms in total. The third kappa shape index (κ3) is 6.69. The van der Waals surface area contributed by atoms with Crippen molar-refractivity contribution in [3.63, 3.8) is 0 Å². The van der Waals surface area contributed by atoms with Crippen LogP contribution in [0.25, 0.3) is 0 Å². The van der Waals surface area contributed by atoms with E-state index in [-0.39, 0.29) is 17.6 Å². The maximum Gasteiger partial charge on any atom is 0.251 e. The van der Waals surface area contributed by atoms with Gasteiger partial charge in [-0.2, -0.15) is 0 Å². The van der Waals surface area contributed by atoms with Crippen molar-refractivity contribution in [1.82, 2.24) is 15.5 Å². The van der Waals surface area contributed by atoms with E-state index in [1.54, 1.807) is 0 Å². The Hall–Kier alpha value is -2.93. The van der Waals surface area contributed by atoms with Crippen molar-refractivity contribution in [2.75, 3.05) is 37.6 Å². The fourth-order valence-corrected chi connectivity index (χ4v) is 5.73. The second-order valence-corrected chi connectivity index (χ2v) is 10.7. The van der Waals surface area contributed by atoms with Crippen LogP contribution in [0.1, 0.15) is 73.2 Å². The van der Waals surface area contributed by atoms with E-state index in [2.05, 4.69) is 15.5 Å². The highest BCUT2D eigenvalue weighted by atomic mass is 19.1. The molecule has 2 heterocycles. The number of nitrogens with zero attached hydrogens (tertiary/aromatic N) is 2. The minimum absolute atomic E-state index is 0.0392. The number of piperidine rings is 1. The Balaban J connectivity index is 1.14. The molecule has 1 aliphatic carbocycles. The first-order valence-corrected chi connectivity index (χ1v) is 14.0. The van der Waals surface area contributed by atoms with E-state index in [0.717, 1.165) is 70.5 Å². The third-order valence-corrected chi connectivity index (χ3v) is 8.04. The first-order chi connectivity index (χ1) is 18.1. The zero-order valence-corrected chi connectivity index (χ0v) is 21.6. The molecule has 2 N–H and O–H groups in total. The van der Waals surface area contributed by atoms with Crippen LogP contribution < -0.4 is 15.5 Å². The predicted molar refractivity (Wildman–Crippen MR) is 144 cm³/mol. The SMILES string of the molecule is O=C(N[C@@H](CCCNC1C[C@H]1c1ccc(F)cc1)C(=O)N1CCCCC1)c1ccc(N2CCCC2)cc1. The molecule has 2 aliphatic heterocycles. The summed E-state index contributed by atoms with van der Waals surface area (Å²) in [6.45, 7) is 4.46. The Bertz CT molecular complexity index is 1050. The van der Waals surface area contributed by atoms with Crippen LogP contribution in [0.15, 0.2) is 48.5 Å². The molecule has 198 valence electrons. The smallest absolute Gasteiger partial charge is 0.251 e. The number of hydrogen-bond donors (Lipinski definition) is 2. The Labute approximate surface area is 219 Å². The number of carbonyl (C=O) groups excluding carboxylic acids is 2. The van der Waals surface area contributed by atoms with Gasteiger partial charge in [-0.25, -0.2) is 4.39 Å². The third-order valence-electron chi connectivity index (χ3n) is 8.04. The van der Waals surface area contributed by atoms with E-state index >= 15 is 0 Å². The summed E-state index contributed by atoms with van der Waals surface area (Å²) in [6, 6.07) is 14.4. The van der Waals surface area contributed by atoms with Gasteiger partial charge < -0.3 is 20.4 Å². The quantitative estimate of drug-likeness (QED) is 0.467. The number of amides is 2. The van der Waals surface area contributed by atoms with Crippen molar-refractivity contribution in [3.8, 4) is 0 Å². The molecule has 5 rings (SSSR count). The zero-order valence-electron chi connectivity index (χ0n) is 21.6. The highest BCUT2D eigenvalue weighted by Gasteiger charge is 2.37. The summed E-state index contributed by atoms with van der Waals surface area (Å²) in [5.74, 6) is 0.0738. The molecule has 37 heavy (non-hydrogen) atoms. The molecule has 1 saturated carbocycles. The molecular weight excluding hydrogens is 467 g/mol. The van der Waals surface area contributed by atoms with Crippen molar-refractivity contribution < 1.29 is 14.0 Å². The van der Waals surface area contributed by atoms with Crippen LogP contribution in [0.4, 0.5) is 10.1 Å². The molecule has 3 atom stereocenters. The molecule has 3 fully saturated rings. The monoisotopic (exact) mass is 506 g/mol. The lowest BCUT2D eigenvalue weighted by molar-refractivity contribution is -0.134. The standard InChI is InChI=1S/C30H39FN4O2/c31-24-12-8-22(9-13-24)26-21-28(26)32-16-6-7-27(30(37)35-19-2-1-3-20-35)33-29(36)23-10-14-25(15-11-23)34-17-4-5-18-34/h8-15,26-28,32H,1-7,16-21H2,(H,33,36)/t26-,27-,28?/m0/s1. The van der Waals surface area contributed by atoms with Crippen LogP contribution in [0.2, 0.25) is 0 Å². The molecule has 2 aromatic carbocycles. The van der Waals surface area contributed by atoms with Gasteiger partial charge in [0.15, 0.2) is 0 Å². The summed E-state index contributed by atoms with van der Waals surface area (Å²) in [7, 11) is 0. The average molecular weight is 507 g/mol. The van der Waals surface area contributed by atoms with Crippen LogP contribution in [0.5, 0.6) is 0 Å². The first-order valence-electron chi connectivity index (χ1n) is 14.0. The van der Waals surface area contributed by atoms with Crippen LogP contribution >= 0.6 is 0 Å². The molecule has 3 aliphatic rings. The summed E-state index contributed by atoms with van der Waals surface area (Å²) in [5.41, 5.74) is 2.91. The summed E-state index contributed by atoms with van der Waals surface area (Å²) in [6.07, 6.45) is 8.09. The van der Waals surface area contributed by atoms with Crippen molar-refractivity contribution in [3.05, 3.63) is 65.5 Å². The molecular formula is C30H39FN4O2. The molecule has 0 radical (unpaired) electrons. The zero-order chi connectivity index (χ0) is 25.6. The summed E-state index contributed by atoms with van der Waals surface area (Å²) in [5, 5.41) is 6.63. The van der Waals surface area contributed by atoms with Crippen molar-refractivity contribution in [2.24, 2.45) is 0 Å². The molecule has 0 aromatic heterocycles. The van der Waals surface area contributed by atoms with E-state index in [1.807, 2.05) is 41.3 Å². The summed E-state index contributed by atoms with van der Waals surface area (Å²) < 4.78 is 13.2. The lowest BCUT2D eigenvalue weighted by atomic mass is 10.1. The number of likely N-dealkylation sites (tertiary alicyclic amines) is 1. The van der Waals surface area contributed by atoms with Gasteiger partial charge in [0.1, 0.15) is 11.9 Å². The minimum Gasteiger partial charge on any atom is -0.372 e. The van der Waals surface area contributed by atoms with Crippen LogP contribution in [0, 0.1) is 5.82 Å². The molecule has 7 heteroatoms. The van der Waals surface area contributed by atoms with E-state index < -0.39 is 6.04 Å². The van der Waals surface area contributed by atoms with Crippen molar-refractivity contribution in [2.45, 2.75) is 69.4 Å². The molecule has 0 spiro atoms. The van der Waals surface area contributed by atoms with Crippen LogP contribution in [-0.2, 0) is 4.79 Å². The molecule has 1 unspecified atom stereocenters. The fraction of sp³-hybridized carbons (Fsp3) is 0.533. The fourth-order valence-electron chi connectivity index (χ4n) is 5.73. The number of hydrogen-bond acceptors (Lipinski definition) is 4. The van der Waals surface area contributed by atoms with Crippen LogP contribution in [0.3, 0.4) is 0 Å². The highest BCUT2D eigenvalue weighted by molar-refractivity contribution is 5.97. The summed E-state index contributed by atoms with van der Waals surface area (Å²) >= 11 is 0. The van der Waals surface area contributed by atoms with E-state index in [1.165, 1.54) is 30.5 Å². The largest absolute Gasteiger partial charge is 0.372 e. The molecule has 0 bridgehead atoms. The molecule has 2 aromatic rings. The van der Waals surface area contributed by atoms with Gasteiger partial charge in [-0.15, -0.1) is 0 Å². The number of rotatable bonds is 10. The van der Waals surface area contributed by atoms with Crippen LogP contribution in [-0.4, -0.2) is 61.5 Å². The van der Waals surface area contributed by atoms with E-state index in [4.69, 9.17) is 0 Å². The Kier molecular flexibility index (Phi) is 8.39. The second-order valence-electron chi connectivity index (χ2n) is 10.7. The number of benzene rings is 2. The maximum absolute atomic E-state index is 13.4. The lowest BCUT2D eigenvalue weighted by Gasteiger charge is -2.31. The number of anilines is 1. The number of carbonyl (C=O) groups is 2. The normalized spacial score (nSPS) is 22.1. The van der Waals surface area contributed by atoms with Gasteiger partial charge in [0, 0.05) is 49.4 Å². The van der Waals surface area contributed by atoms with E-state index in [9.17, 15) is 14.0 Å². The Morgan fingerprint density at radius 1 is 0.892 bits per heavy atom. The van der Waals surface area contributed by atoms with Gasteiger partial charge in [0.05, 0.1) is 0 Å². The van der Waals surface area contributed by atoms with Gasteiger partial charge in [0.2, 0.25) is 5.91 Å². The molecule has 2 saturated heterocycles. The second kappa shape index (κ2) is 12.1.